The molecule has 0 bridgehead atoms. The number of ether oxygens (including phenoxy) is 1. The molecule has 0 aromatic carbocycles. The second-order valence-corrected chi connectivity index (χ2v) is 4.53. The molecule has 0 radical (unpaired) electrons. The highest BCUT2D eigenvalue weighted by Crippen LogP contribution is 1.97. The first-order valence-electron chi connectivity index (χ1n) is 5.56. The standard InChI is InChI=1S/C11H24N2O2/c1-8(2)7-15-6-5-13-11(14)10(12)9(3)4/h8-10H,5-7,12H2,1-4H3,(H,13,14)/t10-/m0/s1. The van der Waals surface area contributed by atoms with Gasteiger partial charge in [-0.1, -0.05) is 27.7 Å². The van der Waals surface area contributed by atoms with Gasteiger partial charge in [-0.3, -0.25) is 4.79 Å². The molecule has 0 unspecified atom stereocenters. The van der Waals surface area contributed by atoms with Crippen molar-refractivity contribution in [2.45, 2.75) is 33.7 Å². The lowest BCUT2D eigenvalue weighted by Crippen LogP contribution is -2.44. The van der Waals surface area contributed by atoms with Crippen molar-refractivity contribution in [3.63, 3.8) is 0 Å². The monoisotopic (exact) mass is 216 g/mol. The molecule has 4 heteroatoms. The predicted molar refractivity (Wildman–Crippen MR) is 61.5 cm³/mol. The van der Waals surface area contributed by atoms with Gasteiger partial charge in [-0.2, -0.15) is 0 Å². The summed E-state index contributed by atoms with van der Waals surface area (Å²) in [5.41, 5.74) is 5.67. The summed E-state index contributed by atoms with van der Waals surface area (Å²) in [6.45, 7) is 9.85. The Labute approximate surface area is 92.6 Å². The van der Waals surface area contributed by atoms with E-state index in [-0.39, 0.29) is 11.8 Å². The van der Waals surface area contributed by atoms with E-state index in [1.807, 2.05) is 13.8 Å². The zero-order valence-electron chi connectivity index (χ0n) is 10.2. The summed E-state index contributed by atoms with van der Waals surface area (Å²) < 4.78 is 5.33. The van der Waals surface area contributed by atoms with Crippen LogP contribution in [0.25, 0.3) is 0 Å². The molecule has 0 spiro atoms. The average molecular weight is 216 g/mol. The van der Waals surface area contributed by atoms with E-state index in [4.69, 9.17) is 10.5 Å². The third-order valence-corrected chi connectivity index (χ3v) is 2.02. The second-order valence-electron chi connectivity index (χ2n) is 4.53. The summed E-state index contributed by atoms with van der Waals surface area (Å²) >= 11 is 0. The van der Waals surface area contributed by atoms with Crippen molar-refractivity contribution < 1.29 is 9.53 Å². The molecule has 15 heavy (non-hydrogen) atoms. The lowest BCUT2D eigenvalue weighted by Gasteiger charge is -2.15. The van der Waals surface area contributed by atoms with Crippen LogP contribution in [-0.4, -0.2) is 31.7 Å². The molecule has 0 fully saturated rings. The van der Waals surface area contributed by atoms with Crippen LogP contribution in [0.1, 0.15) is 27.7 Å². The molecule has 0 aromatic rings. The number of carbonyl (C=O) groups excluding carboxylic acids is 1. The Morgan fingerprint density at radius 3 is 2.40 bits per heavy atom. The van der Waals surface area contributed by atoms with E-state index in [0.717, 1.165) is 6.61 Å². The van der Waals surface area contributed by atoms with E-state index in [1.54, 1.807) is 0 Å². The van der Waals surface area contributed by atoms with Crippen molar-refractivity contribution >= 4 is 5.91 Å². The summed E-state index contributed by atoms with van der Waals surface area (Å²) in [5.74, 6) is 0.596. The maximum atomic E-state index is 11.4. The Balaban J connectivity index is 3.47. The van der Waals surface area contributed by atoms with Gasteiger partial charge in [0.05, 0.1) is 12.6 Å². The molecule has 0 aliphatic carbocycles. The van der Waals surface area contributed by atoms with Crippen molar-refractivity contribution in [1.29, 1.82) is 0 Å². The highest BCUT2D eigenvalue weighted by Gasteiger charge is 2.15. The number of nitrogens with two attached hydrogens (primary N) is 1. The van der Waals surface area contributed by atoms with E-state index in [9.17, 15) is 4.79 Å². The molecule has 4 nitrogen and oxygen atoms in total. The minimum atomic E-state index is -0.421. The SMILES string of the molecule is CC(C)COCCNC(=O)[C@@H](N)C(C)C. The summed E-state index contributed by atoms with van der Waals surface area (Å²) in [4.78, 5) is 11.4. The quantitative estimate of drug-likeness (QED) is 0.617. The molecule has 1 atom stereocenters. The molecular formula is C11H24N2O2. The number of rotatable bonds is 7. The van der Waals surface area contributed by atoms with Crippen LogP contribution in [0.5, 0.6) is 0 Å². The lowest BCUT2D eigenvalue weighted by atomic mass is 10.1. The lowest BCUT2D eigenvalue weighted by molar-refractivity contribution is -0.123. The smallest absolute Gasteiger partial charge is 0.237 e. The van der Waals surface area contributed by atoms with Crippen LogP contribution in [0.4, 0.5) is 0 Å². The van der Waals surface area contributed by atoms with Gasteiger partial charge in [-0.05, 0) is 11.8 Å². The van der Waals surface area contributed by atoms with Gasteiger partial charge < -0.3 is 15.8 Å². The first-order valence-corrected chi connectivity index (χ1v) is 5.56. The highest BCUT2D eigenvalue weighted by atomic mass is 16.5. The first kappa shape index (κ1) is 14.4. The maximum absolute atomic E-state index is 11.4. The van der Waals surface area contributed by atoms with Gasteiger partial charge in [-0.15, -0.1) is 0 Å². The number of amides is 1. The number of carbonyl (C=O) groups is 1. The normalized spacial score (nSPS) is 13.3. The molecule has 0 saturated heterocycles. The van der Waals surface area contributed by atoms with Gasteiger partial charge in [0.2, 0.25) is 5.91 Å². The van der Waals surface area contributed by atoms with Crippen LogP contribution < -0.4 is 11.1 Å². The van der Waals surface area contributed by atoms with E-state index >= 15 is 0 Å². The van der Waals surface area contributed by atoms with Crippen LogP contribution in [0, 0.1) is 11.8 Å². The zero-order valence-corrected chi connectivity index (χ0v) is 10.2. The molecule has 3 N–H and O–H groups in total. The minimum absolute atomic E-state index is 0.0989. The van der Waals surface area contributed by atoms with E-state index < -0.39 is 6.04 Å². The largest absolute Gasteiger partial charge is 0.379 e. The Morgan fingerprint density at radius 1 is 1.33 bits per heavy atom. The molecule has 0 aliphatic rings. The summed E-state index contributed by atoms with van der Waals surface area (Å²) in [6, 6.07) is -0.421. The highest BCUT2D eigenvalue weighted by molar-refractivity contribution is 5.81. The molecule has 1 amide bonds. The molecule has 0 aliphatic heterocycles. The van der Waals surface area contributed by atoms with Crippen molar-refractivity contribution in [2.75, 3.05) is 19.8 Å². The fourth-order valence-electron chi connectivity index (χ4n) is 0.986. The van der Waals surface area contributed by atoms with Crippen LogP contribution >= 0.6 is 0 Å². The third kappa shape index (κ3) is 7.33. The average Bonchev–Trinajstić information content (AvgIpc) is 2.15. The topological polar surface area (TPSA) is 64.3 Å². The maximum Gasteiger partial charge on any atom is 0.237 e. The number of nitrogens with one attached hydrogen (secondary N) is 1. The second kappa shape index (κ2) is 7.65. The Bertz CT molecular complexity index is 181. The van der Waals surface area contributed by atoms with Crippen molar-refractivity contribution in [1.82, 2.24) is 5.32 Å². The van der Waals surface area contributed by atoms with Gasteiger partial charge >= 0.3 is 0 Å². The van der Waals surface area contributed by atoms with Crippen LogP contribution in [0.2, 0.25) is 0 Å². The van der Waals surface area contributed by atoms with Gasteiger partial charge in [0, 0.05) is 13.2 Å². The summed E-state index contributed by atoms with van der Waals surface area (Å²) in [5, 5.41) is 2.75. The zero-order chi connectivity index (χ0) is 11.8. The number of hydrogen-bond acceptors (Lipinski definition) is 3. The van der Waals surface area contributed by atoms with Crippen molar-refractivity contribution in [3.05, 3.63) is 0 Å². The Morgan fingerprint density at radius 2 is 1.93 bits per heavy atom. The third-order valence-electron chi connectivity index (χ3n) is 2.02. The molecule has 0 saturated carbocycles. The molecule has 90 valence electrons. The molecule has 0 rings (SSSR count). The van der Waals surface area contributed by atoms with E-state index in [1.165, 1.54) is 0 Å². The Kier molecular flexibility index (Phi) is 7.34. The van der Waals surface area contributed by atoms with Crippen LogP contribution in [-0.2, 0) is 9.53 Å². The van der Waals surface area contributed by atoms with Gasteiger partial charge in [-0.25, -0.2) is 0 Å². The van der Waals surface area contributed by atoms with Crippen LogP contribution in [0.3, 0.4) is 0 Å². The summed E-state index contributed by atoms with van der Waals surface area (Å²) in [7, 11) is 0. The fourth-order valence-corrected chi connectivity index (χ4v) is 0.986. The van der Waals surface area contributed by atoms with E-state index in [2.05, 4.69) is 19.2 Å². The van der Waals surface area contributed by atoms with Crippen molar-refractivity contribution in [2.24, 2.45) is 17.6 Å². The van der Waals surface area contributed by atoms with Crippen LogP contribution in [0.15, 0.2) is 0 Å². The molecule has 0 heterocycles. The Hall–Kier alpha value is -0.610. The molecule has 0 aromatic heterocycles. The fraction of sp³-hybridized carbons (Fsp3) is 0.909. The first-order chi connectivity index (χ1) is 6.95. The van der Waals surface area contributed by atoms with Crippen molar-refractivity contribution in [3.8, 4) is 0 Å². The van der Waals surface area contributed by atoms with Gasteiger partial charge in [0.15, 0.2) is 0 Å². The molecular weight excluding hydrogens is 192 g/mol. The summed E-state index contributed by atoms with van der Waals surface area (Å²) in [6.07, 6.45) is 0. The van der Waals surface area contributed by atoms with Gasteiger partial charge in [0.1, 0.15) is 0 Å². The van der Waals surface area contributed by atoms with E-state index in [0.29, 0.717) is 19.1 Å². The number of hydrogen-bond donors (Lipinski definition) is 2. The minimum Gasteiger partial charge on any atom is -0.379 e. The predicted octanol–water partition coefficient (Wildman–Crippen LogP) is 0.759. The van der Waals surface area contributed by atoms with Gasteiger partial charge in [0.25, 0.3) is 0 Å².